The highest BCUT2D eigenvalue weighted by molar-refractivity contribution is 5.92. The van der Waals surface area contributed by atoms with E-state index in [1.165, 1.54) is 0 Å². The molecule has 2 saturated carbocycles. The number of carbonyl (C=O) groups excluding carboxylic acids is 1. The number of rotatable bonds is 1. The Hall–Kier alpha value is -0.990. The Bertz CT molecular complexity index is 821. The van der Waals surface area contributed by atoms with Gasteiger partial charge in [-0.3, -0.25) is 0 Å². The van der Waals surface area contributed by atoms with Crippen molar-refractivity contribution in [2.45, 2.75) is 79.9 Å². The summed E-state index contributed by atoms with van der Waals surface area (Å²) < 4.78 is 23.7. The van der Waals surface area contributed by atoms with Gasteiger partial charge in [0.25, 0.3) is 0 Å². The Labute approximate surface area is 150 Å². The summed E-state index contributed by atoms with van der Waals surface area (Å²) in [7, 11) is 0. The van der Waals surface area contributed by atoms with Crippen molar-refractivity contribution >= 4 is 5.97 Å². The van der Waals surface area contributed by atoms with Crippen LogP contribution in [-0.2, 0) is 23.7 Å². The lowest BCUT2D eigenvalue weighted by Gasteiger charge is -2.51. The van der Waals surface area contributed by atoms with E-state index in [2.05, 4.69) is 0 Å². The van der Waals surface area contributed by atoms with Gasteiger partial charge in [-0.25, -0.2) is 4.79 Å². The Morgan fingerprint density at radius 2 is 2.00 bits per heavy atom. The first-order chi connectivity index (χ1) is 12.3. The largest absolute Gasteiger partial charge is 0.458 e. The van der Waals surface area contributed by atoms with Crippen molar-refractivity contribution < 1.29 is 34.0 Å². The number of esters is 1. The van der Waals surface area contributed by atoms with Crippen LogP contribution in [0.3, 0.4) is 0 Å². The molecular formula is C19H22O7. The van der Waals surface area contributed by atoms with Crippen LogP contribution in [0.15, 0.2) is 11.1 Å². The van der Waals surface area contributed by atoms with Crippen molar-refractivity contribution in [1.29, 1.82) is 0 Å². The van der Waals surface area contributed by atoms with E-state index in [0.29, 0.717) is 19.3 Å². The third kappa shape index (κ3) is 1.14. The molecule has 0 amide bonds. The van der Waals surface area contributed by atoms with Gasteiger partial charge in [0.15, 0.2) is 11.2 Å². The number of hydrogen-bond acceptors (Lipinski definition) is 7. The molecule has 26 heavy (non-hydrogen) atoms. The first-order valence-electron chi connectivity index (χ1n) is 9.67. The van der Waals surface area contributed by atoms with Crippen LogP contribution in [0.25, 0.3) is 0 Å². The molecule has 0 aromatic heterocycles. The summed E-state index contributed by atoms with van der Waals surface area (Å²) in [5, 5.41) is 23.2. The number of epoxide rings is 3. The molecule has 0 aromatic carbocycles. The normalized spacial score (nSPS) is 63.1. The highest BCUT2D eigenvalue weighted by Crippen LogP contribution is 2.80. The molecule has 2 spiro atoms. The summed E-state index contributed by atoms with van der Waals surface area (Å²) in [4.78, 5) is 12.0. The number of cyclic esters (lactones) is 1. The highest BCUT2D eigenvalue weighted by Gasteiger charge is 3.01. The minimum atomic E-state index is -1.16. The number of fused-ring (bicyclic) bond motifs is 4. The van der Waals surface area contributed by atoms with E-state index in [9.17, 15) is 15.0 Å². The Balaban J connectivity index is 1.39. The topological polar surface area (TPSA) is 104 Å². The molecule has 5 fully saturated rings. The lowest BCUT2D eigenvalue weighted by molar-refractivity contribution is -0.153. The van der Waals surface area contributed by atoms with Gasteiger partial charge in [-0.1, -0.05) is 13.8 Å². The highest BCUT2D eigenvalue weighted by atomic mass is 16.8. The number of carbonyl (C=O) groups is 1. The van der Waals surface area contributed by atoms with Gasteiger partial charge in [-0.15, -0.1) is 0 Å². The number of hydrogen-bond donors (Lipinski definition) is 2. The molecule has 140 valence electrons. The zero-order valence-electron chi connectivity index (χ0n) is 14.7. The van der Waals surface area contributed by atoms with Crippen LogP contribution >= 0.6 is 0 Å². The average Bonchev–Trinajstić information content (AvgIpc) is 3.47. The fourth-order valence-electron chi connectivity index (χ4n) is 7.25. The summed E-state index contributed by atoms with van der Waals surface area (Å²) in [6, 6.07) is 0. The van der Waals surface area contributed by atoms with E-state index in [1.54, 1.807) is 0 Å². The Kier molecular flexibility index (Phi) is 2.18. The smallest absolute Gasteiger partial charge is 0.334 e. The van der Waals surface area contributed by atoms with E-state index in [-0.39, 0.29) is 42.7 Å². The van der Waals surface area contributed by atoms with E-state index in [1.807, 2.05) is 13.8 Å². The number of aliphatic hydroxyl groups excluding tert-OH is 1. The second-order valence-corrected chi connectivity index (χ2v) is 9.42. The fraction of sp³-hybridized carbons (Fsp3) is 0.842. The van der Waals surface area contributed by atoms with Gasteiger partial charge < -0.3 is 29.2 Å². The third-order valence-electron chi connectivity index (χ3n) is 8.56. The van der Waals surface area contributed by atoms with Crippen molar-refractivity contribution in [2.75, 3.05) is 6.61 Å². The summed E-state index contributed by atoms with van der Waals surface area (Å²) in [5.74, 6) is -0.340. The van der Waals surface area contributed by atoms with E-state index in [0.717, 1.165) is 11.1 Å². The maximum absolute atomic E-state index is 12.0. The molecule has 0 aromatic rings. The molecule has 7 aliphatic rings. The monoisotopic (exact) mass is 362 g/mol. The molecule has 7 rings (SSSR count). The molecule has 4 aliphatic heterocycles. The van der Waals surface area contributed by atoms with Crippen molar-refractivity contribution in [1.82, 2.24) is 0 Å². The third-order valence-corrected chi connectivity index (χ3v) is 8.56. The van der Waals surface area contributed by atoms with Crippen LogP contribution in [0.5, 0.6) is 0 Å². The quantitative estimate of drug-likeness (QED) is 0.493. The van der Waals surface area contributed by atoms with Gasteiger partial charge in [0, 0.05) is 11.5 Å². The minimum absolute atomic E-state index is 0.137. The molecule has 7 nitrogen and oxygen atoms in total. The fourth-order valence-corrected chi connectivity index (χ4v) is 7.25. The lowest BCUT2D eigenvalue weighted by atomic mass is 9.51. The Morgan fingerprint density at radius 3 is 2.77 bits per heavy atom. The van der Waals surface area contributed by atoms with Crippen LogP contribution in [-0.4, -0.2) is 69.6 Å². The molecule has 3 aliphatic carbocycles. The maximum atomic E-state index is 12.0. The van der Waals surface area contributed by atoms with Crippen LogP contribution in [0.2, 0.25) is 0 Å². The van der Waals surface area contributed by atoms with E-state index in [4.69, 9.17) is 18.9 Å². The number of aliphatic hydroxyl groups is 2. The molecule has 7 heteroatoms. The summed E-state index contributed by atoms with van der Waals surface area (Å²) >= 11 is 0. The van der Waals surface area contributed by atoms with Crippen molar-refractivity contribution in [3.8, 4) is 0 Å². The first-order valence-corrected chi connectivity index (χ1v) is 9.67. The second-order valence-electron chi connectivity index (χ2n) is 9.42. The number of ether oxygens (including phenoxy) is 4. The maximum Gasteiger partial charge on any atom is 0.334 e. The van der Waals surface area contributed by atoms with Crippen molar-refractivity contribution in [3.63, 3.8) is 0 Å². The summed E-state index contributed by atoms with van der Waals surface area (Å²) in [6.07, 6.45) is 0.0327. The standard InChI is InChI=1S/C19H22O7/c1-7(2)17-12(25-17)13-19(26-13)16(22)4-3-8-9(6-23-14(8)20)10(16)5-11-18(19,24-11)15(17)21/h7,10-13,15,21-22H,3-6H2,1-2H3/t10-,11-,12-,13-,15+,16-,17-,18+,19+/m0/s1. The van der Waals surface area contributed by atoms with Gasteiger partial charge in [0.05, 0.1) is 6.10 Å². The predicted molar refractivity (Wildman–Crippen MR) is 83.9 cm³/mol. The Morgan fingerprint density at radius 1 is 1.19 bits per heavy atom. The van der Waals surface area contributed by atoms with Gasteiger partial charge in [-0.05, 0) is 30.8 Å². The predicted octanol–water partition coefficient (Wildman–Crippen LogP) is -0.172. The average molecular weight is 362 g/mol. The molecule has 2 N–H and O–H groups in total. The van der Waals surface area contributed by atoms with Crippen molar-refractivity contribution in [2.24, 2.45) is 11.8 Å². The van der Waals surface area contributed by atoms with Crippen molar-refractivity contribution in [3.05, 3.63) is 11.1 Å². The summed E-state index contributed by atoms with van der Waals surface area (Å²) in [5.41, 5.74) is -1.99. The van der Waals surface area contributed by atoms with Crippen LogP contribution in [0.1, 0.15) is 33.1 Å². The molecule has 0 radical (unpaired) electrons. The SMILES string of the molecule is CC(C)[C@]12O[C@H]1[C@@H]1O[C@]13[C@]1(O[C@H]1C[C@H]1C4=C(CC[C@]13O)C(=O)OC4)[C@@H]2O. The zero-order valence-corrected chi connectivity index (χ0v) is 14.7. The van der Waals surface area contributed by atoms with Crippen LogP contribution in [0.4, 0.5) is 0 Å². The molecule has 0 unspecified atom stereocenters. The molecular weight excluding hydrogens is 340 g/mol. The molecule has 0 bridgehead atoms. The lowest BCUT2D eigenvalue weighted by Crippen LogP contribution is -2.72. The van der Waals surface area contributed by atoms with Crippen LogP contribution in [0, 0.1) is 11.8 Å². The minimum Gasteiger partial charge on any atom is -0.458 e. The zero-order chi connectivity index (χ0) is 17.9. The second kappa shape index (κ2) is 3.78. The van der Waals surface area contributed by atoms with Gasteiger partial charge in [0.2, 0.25) is 0 Å². The van der Waals surface area contributed by atoms with Gasteiger partial charge >= 0.3 is 5.97 Å². The molecule has 3 saturated heterocycles. The molecule has 4 heterocycles. The van der Waals surface area contributed by atoms with Crippen LogP contribution < -0.4 is 0 Å². The van der Waals surface area contributed by atoms with E-state index >= 15 is 0 Å². The first kappa shape index (κ1) is 15.0. The van der Waals surface area contributed by atoms with E-state index < -0.39 is 28.5 Å². The van der Waals surface area contributed by atoms with Gasteiger partial charge in [-0.2, -0.15) is 0 Å². The summed E-state index contributed by atoms with van der Waals surface area (Å²) in [6.45, 7) is 4.35. The van der Waals surface area contributed by atoms with Gasteiger partial charge in [0.1, 0.15) is 36.1 Å². The molecule has 9 atom stereocenters.